The molecule has 0 saturated carbocycles. The Hall–Kier alpha value is -2.77. The molecule has 27 heavy (non-hydrogen) atoms. The third-order valence-corrected chi connectivity index (χ3v) is 3.93. The van der Waals surface area contributed by atoms with Gasteiger partial charge in [-0.3, -0.25) is 4.90 Å². The molecule has 1 aromatic carbocycles. The molecule has 2 rings (SSSR count). The highest BCUT2D eigenvalue weighted by atomic mass is 16.6. The number of alkyl carbamates (subject to hydrolysis) is 1. The molecular formula is C19H26N2O6. The zero-order valence-electron chi connectivity index (χ0n) is 16.1. The van der Waals surface area contributed by atoms with Crippen molar-refractivity contribution in [2.45, 2.75) is 51.5 Å². The summed E-state index contributed by atoms with van der Waals surface area (Å²) in [6, 6.07) is 7.97. The molecule has 8 heteroatoms. The largest absolute Gasteiger partial charge is 0.467 e. The number of ether oxygens (including phenoxy) is 3. The molecular weight excluding hydrogens is 352 g/mol. The van der Waals surface area contributed by atoms with Gasteiger partial charge in [-0.2, -0.15) is 0 Å². The number of amides is 2. The molecule has 0 aromatic heterocycles. The lowest BCUT2D eigenvalue weighted by Crippen LogP contribution is -2.42. The fourth-order valence-electron chi connectivity index (χ4n) is 2.78. The average Bonchev–Trinajstić information content (AvgIpc) is 3.02. The van der Waals surface area contributed by atoms with E-state index in [0.717, 1.165) is 5.56 Å². The standard InChI is InChI=1S/C19H26N2O6/c1-19(2,3)27-17(23)20-14-10-15(16(22)25-4)21(11-14)18(24)26-12-13-8-6-5-7-9-13/h5-9,14-15H,10-12H2,1-4H3,(H,20,23)/t14-,15-/m0/s1. The van der Waals surface area contributed by atoms with E-state index >= 15 is 0 Å². The zero-order chi connectivity index (χ0) is 20.0. The average molecular weight is 378 g/mol. The van der Waals surface area contributed by atoms with Gasteiger partial charge in [0, 0.05) is 13.0 Å². The predicted molar refractivity (Wildman–Crippen MR) is 96.9 cm³/mol. The van der Waals surface area contributed by atoms with E-state index in [1.165, 1.54) is 12.0 Å². The highest BCUT2D eigenvalue weighted by molar-refractivity contribution is 5.82. The van der Waals surface area contributed by atoms with Gasteiger partial charge in [0.1, 0.15) is 18.2 Å². The normalized spacial score (nSPS) is 19.3. The van der Waals surface area contributed by atoms with Gasteiger partial charge < -0.3 is 19.5 Å². The number of carbonyl (C=O) groups is 3. The number of nitrogens with zero attached hydrogens (tertiary/aromatic N) is 1. The SMILES string of the molecule is COC(=O)[C@@H]1C[C@H](NC(=O)OC(C)(C)C)CN1C(=O)OCc1ccccc1. The van der Waals surface area contributed by atoms with Crippen molar-refractivity contribution < 1.29 is 28.6 Å². The highest BCUT2D eigenvalue weighted by Crippen LogP contribution is 2.21. The lowest BCUT2D eigenvalue weighted by Gasteiger charge is -2.22. The van der Waals surface area contributed by atoms with Crippen molar-refractivity contribution >= 4 is 18.2 Å². The van der Waals surface area contributed by atoms with Crippen LogP contribution in [0.3, 0.4) is 0 Å². The summed E-state index contributed by atoms with van der Waals surface area (Å²) in [6.45, 7) is 5.49. The number of benzene rings is 1. The topological polar surface area (TPSA) is 94.2 Å². The summed E-state index contributed by atoms with van der Waals surface area (Å²) in [4.78, 5) is 37.7. The van der Waals surface area contributed by atoms with Crippen LogP contribution >= 0.6 is 0 Å². The summed E-state index contributed by atoms with van der Waals surface area (Å²) in [5.74, 6) is -0.555. The molecule has 1 saturated heterocycles. The van der Waals surface area contributed by atoms with Gasteiger partial charge >= 0.3 is 18.2 Å². The third-order valence-electron chi connectivity index (χ3n) is 3.93. The maximum absolute atomic E-state index is 12.5. The summed E-state index contributed by atoms with van der Waals surface area (Å²) >= 11 is 0. The van der Waals surface area contributed by atoms with Gasteiger partial charge in [-0.25, -0.2) is 14.4 Å². The van der Waals surface area contributed by atoms with Crippen molar-refractivity contribution in [2.24, 2.45) is 0 Å². The van der Waals surface area contributed by atoms with E-state index in [-0.39, 0.29) is 19.6 Å². The Morgan fingerprint density at radius 1 is 1.19 bits per heavy atom. The quantitative estimate of drug-likeness (QED) is 0.639. The van der Waals surface area contributed by atoms with E-state index in [1.807, 2.05) is 30.3 Å². The summed E-state index contributed by atoms with van der Waals surface area (Å²) in [7, 11) is 1.25. The van der Waals surface area contributed by atoms with Crippen molar-refractivity contribution in [3.8, 4) is 0 Å². The molecule has 2 atom stereocenters. The smallest absolute Gasteiger partial charge is 0.410 e. The van der Waals surface area contributed by atoms with Gasteiger partial charge in [-0.1, -0.05) is 30.3 Å². The van der Waals surface area contributed by atoms with Gasteiger partial charge in [-0.05, 0) is 26.3 Å². The molecule has 0 spiro atoms. The van der Waals surface area contributed by atoms with Crippen LogP contribution < -0.4 is 5.32 Å². The monoisotopic (exact) mass is 378 g/mol. The van der Waals surface area contributed by atoms with Crippen molar-refractivity contribution in [2.75, 3.05) is 13.7 Å². The summed E-state index contributed by atoms with van der Waals surface area (Å²) in [6.07, 6.45) is -1.01. The van der Waals surface area contributed by atoms with Gasteiger partial charge in [0.05, 0.1) is 13.2 Å². The first kappa shape index (κ1) is 20.5. The van der Waals surface area contributed by atoms with Crippen LogP contribution in [0.15, 0.2) is 30.3 Å². The van der Waals surface area contributed by atoms with E-state index in [9.17, 15) is 14.4 Å². The number of hydrogen-bond donors (Lipinski definition) is 1. The van der Waals surface area contributed by atoms with Crippen LogP contribution in [0, 0.1) is 0 Å². The van der Waals surface area contributed by atoms with E-state index in [0.29, 0.717) is 0 Å². The maximum Gasteiger partial charge on any atom is 0.410 e. The van der Waals surface area contributed by atoms with Crippen LogP contribution in [0.1, 0.15) is 32.8 Å². The molecule has 0 bridgehead atoms. The zero-order valence-corrected chi connectivity index (χ0v) is 16.1. The van der Waals surface area contributed by atoms with Crippen molar-refractivity contribution in [3.05, 3.63) is 35.9 Å². The van der Waals surface area contributed by atoms with E-state index in [2.05, 4.69) is 5.32 Å². The second-order valence-electron chi connectivity index (χ2n) is 7.31. The number of methoxy groups -OCH3 is 1. The van der Waals surface area contributed by atoms with Crippen molar-refractivity contribution in [1.29, 1.82) is 0 Å². The molecule has 148 valence electrons. The fraction of sp³-hybridized carbons (Fsp3) is 0.526. The minimum absolute atomic E-state index is 0.0915. The lowest BCUT2D eigenvalue weighted by atomic mass is 10.2. The minimum atomic E-state index is -0.821. The van der Waals surface area contributed by atoms with Crippen molar-refractivity contribution in [1.82, 2.24) is 10.2 Å². The van der Waals surface area contributed by atoms with E-state index < -0.39 is 35.8 Å². The number of hydrogen-bond acceptors (Lipinski definition) is 6. The van der Waals surface area contributed by atoms with Gasteiger partial charge in [0.25, 0.3) is 0 Å². The first-order valence-corrected chi connectivity index (χ1v) is 8.74. The molecule has 1 fully saturated rings. The molecule has 2 amide bonds. The molecule has 1 aliphatic rings. The Labute approximate surface area is 158 Å². The van der Waals surface area contributed by atoms with Crippen LogP contribution in [0.25, 0.3) is 0 Å². The van der Waals surface area contributed by atoms with Crippen LogP contribution in [0.5, 0.6) is 0 Å². The Kier molecular flexibility index (Phi) is 6.65. The van der Waals surface area contributed by atoms with Crippen molar-refractivity contribution in [3.63, 3.8) is 0 Å². The Morgan fingerprint density at radius 2 is 1.85 bits per heavy atom. The van der Waals surface area contributed by atoms with Crippen LogP contribution in [-0.4, -0.2) is 54.4 Å². The first-order chi connectivity index (χ1) is 12.7. The second-order valence-corrected chi connectivity index (χ2v) is 7.31. The molecule has 1 N–H and O–H groups in total. The first-order valence-electron chi connectivity index (χ1n) is 8.74. The number of nitrogens with one attached hydrogen (secondary N) is 1. The lowest BCUT2D eigenvalue weighted by molar-refractivity contribution is -0.145. The van der Waals surface area contributed by atoms with E-state index in [1.54, 1.807) is 20.8 Å². The summed E-state index contributed by atoms with van der Waals surface area (Å²) in [5, 5.41) is 2.68. The molecule has 1 heterocycles. The predicted octanol–water partition coefficient (Wildman–Crippen LogP) is 2.46. The van der Waals surface area contributed by atoms with E-state index in [4.69, 9.17) is 14.2 Å². The van der Waals surface area contributed by atoms with Gasteiger partial charge in [0.2, 0.25) is 0 Å². The number of rotatable bonds is 4. The Morgan fingerprint density at radius 3 is 2.44 bits per heavy atom. The summed E-state index contributed by atoms with van der Waals surface area (Å²) in [5.41, 5.74) is 0.196. The number of likely N-dealkylation sites (tertiary alicyclic amines) is 1. The molecule has 0 aliphatic carbocycles. The third kappa shape index (κ3) is 6.16. The molecule has 8 nitrogen and oxygen atoms in total. The van der Waals surface area contributed by atoms with Crippen LogP contribution in [0.4, 0.5) is 9.59 Å². The maximum atomic E-state index is 12.5. The number of carbonyl (C=O) groups excluding carboxylic acids is 3. The fourth-order valence-corrected chi connectivity index (χ4v) is 2.78. The molecule has 0 unspecified atom stereocenters. The van der Waals surface area contributed by atoms with Gasteiger partial charge in [0.15, 0.2) is 0 Å². The number of esters is 1. The molecule has 1 aromatic rings. The minimum Gasteiger partial charge on any atom is -0.467 e. The molecule has 1 aliphatic heterocycles. The van der Waals surface area contributed by atoms with Crippen LogP contribution in [-0.2, 0) is 25.6 Å². The van der Waals surface area contributed by atoms with Crippen LogP contribution in [0.2, 0.25) is 0 Å². The second kappa shape index (κ2) is 8.75. The highest BCUT2D eigenvalue weighted by Gasteiger charge is 2.42. The summed E-state index contributed by atoms with van der Waals surface area (Å²) < 4.78 is 15.3. The Balaban J connectivity index is 1.98. The Bertz CT molecular complexity index is 671. The van der Waals surface area contributed by atoms with Gasteiger partial charge in [-0.15, -0.1) is 0 Å². The molecule has 0 radical (unpaired) electrons.